The number of carbonyl (C=O) groups is 1. The van der Waals surface area contributed by atoms with Gasteiger partial charge in [0.05, 0.1) is 35.2 Å². The smallest absolute Gasteiger partial charge is 0.257 e. The van der Waals surface area contributed by atoms with Gasteiger partial charge in [0.2, 0.25) is 15.6 Å². The fourth-order valence-corrected chi connectivity index (χ4v) is 4.93. The number of sulfonamides is 1. The monoisotopic (exact) mass is 456 g/mol. The molecule has 1 aromatic carbocycles. The van der Waals surface area contributed by atoms with Gasteiger partial charge in [-0.15, -0.1) is 0 Å². The van der Waals surface area contributed by atoms with E-state index < -0.39 is 21.5 Å². The molecule has 10 nitrogen and oxygen atoms in total. The van der Waals surface area contributed by atoms with Crippen molar-refractivity contribution in [2.75, 3.05) is 18.4 Å². The topological polar surface area (TPSA) is 141 Å². The molecule has 0 fully saturated rings. The summed E-state index contributed by atoms with van der Waals surface area (Å²) in [6, 6.07) is 9.10. The van der Waals surface area contributed by atoms with Gasteiger partial charge < -0.3 is 10.3 Å². The van der Waals surface area contributed by atoms with E-state index in [1.165, 1.54) is 27.2 Å². The first-order valence-electron chi connectivity index (χ1n) is 10.1. The first-order chi connectivity index (χ1) is 15.2. The zero-order valence-corrected chi connectivity index (χ0v) is 18.9. The van der Waals surface area contributed by atoms with Gasteiger partial charge in [0.15, 0.2) is 0 Å². The minimum absolute atomic E-state index is 0.0321. The predicted molar refractivity (Wildman–Crippen MR) is 120 cm³/mol. The first-order valence-corrected chi connectivity index (χ1v) is 11.5. The molecule has 0 unspecified atom stereocenters. The molecule has 0 aliphatic heterocycles. The maximum absolute atomic E-state index is 13.1. The summed E-state index contributed by atoms with van der Waals surface area (Å²) in [5.41, 5.74) is 0.541. The molecule has 1 amide bonds. The van der Waals surface area contributed by atoms with Crippen LogP contribution in [0.15, 0.2) is 40.0 Å². The second-order valence-electron chi connectivity index (χ2n) is 7.10. The molecule has 0 spiro atoms. The fraction of sp³-hybridized carbons (Fsp3) is 0.333. The average molecular weight is 457 g/mol. The Kier molecular flexibility index (Phi) is 6.76. The van der Waals surface area contributed by atoms with E-state index in [2.05, 4.69) is 15.4 Å². The van der Waals surface area contributed by atoms with Crippen molar-refractivity contribution in [3.8, 4) is 6.07 Å². The standard InChI is InChI=1S/C21H24N6O4S/c1-4-26(5-2)32(30,31)15-7-8-18-16(12-15)17(13-20(28)23-18)21(29)24-19-11-14(3)25-27(19)10-6-9-22/h7-8,11-13H,4-6,10H2,1-3H3,(H,23,28)(H,24,29). The number of rotatable bonds is 8. The fourth-order valence-electron chi connectivity index (χ4n) is 3.45. The number of nitrogens with one attached hydrogen (secondary N) is 2. The van der Waals surface area contributed by atoms with E-state index in [0.29, 0.717) is 42.0 Å². The SMILES string of the molecule is CCN(CC)S(=O)(=O)c1ccc2[nH]c(=O)cc(C(=O)Nc3cc(C)nn3CCC#N)c2c1. The predicted octanol–water partition coefficient (Wildman–Crippen LogP) is 2.23. The normalized spacial score (nSPS) is 11.6. The molecule has 0 aliphatic rings. The molecule has 0 saturated carbocycles. The number of amides is 1. The van der Waals surface area contributed by atoms with Gasteiger partial charge in [-0.2, -0.15) is 14.7 Å². The molecular weight excluding hydrogens is 432 g/mol. The number of hydrogen-bond donors (Lipinski definition) is 2. The molecule has 0 atom stereocenters. The van der Waals surface area contributed by atoms with Crippen LogP contribution >= 0.6 is 0 Å². The molecule has 168 valence electrons. The Balaban J connectivity index is 2.07. The number of aryl methyl sites for hydroxylation is 2. The number of H-pyrrole nitrogens is 1. The summed E-state index contributed by atoms with van der Waals surface area (Å²) in [7, 11) is -3.75. The van der Waals surface area contributed by atoms with Gasteiger partial charge >= 0.3 is 0 Å². The van der Waals surface area contributed by atoms with E-state index >= 15 is 0 Å². The number of fused-ring (bicyclic) bond motifs is 1. The van der Waals surface area contributed by atoms with Crippen molar-refractivity contribution in [3.05, 3.63) is 51.9 Å². The minimum Gasteiger partial charge on any atom is -0.322 e. The first kappa shape index (κ1) is 23.2. The number of pyridine rings is 1. The molecule has 2 heterocycles. The lowest BCUT2D eigenvalue weighted by molar-refractivity contribution is 0.102. The van der Waals surface area contributed by atoms with E-state index in [0.717, 1.165) is 6.07 Å². The van der Waals surface area contributed by atoms with Gasteiger partial charge in [-0.3, -0.25) is 9.59 Å². The van der Waals surface area contributed by atoms with Gasteiger partial charge in [-0.25, -0.2) is 13.1 Å². The molecule has 0 saturated heterocycles. The zero-order valence-electron chi connectivity index (χ0n) is 18.0. The third-order valence-electron chi connectivity index (χ3n) is 4.98. The Labute approximate surface area is 185 Å². The maximum atomic E-state index is 13.1. The average Bonchev–Trinajstić information content (AvgIpc) is 3.10. The van der Waals surface area contributed by atoms with Crippen molar-refractivity contribution in [2.45, 2.75) is 38.6 Å². The van der Waals surface area contributed by atoms with Crippen molar-refractivity contribution >= 4 is 32.7 Å². The number of anilines is 1. The van der Waals surface area contributed by atoms with Crippen LogP contribution in [-0.2, 0) is 16.6 Å². The van der Waals surface area contributed by atoms with Crippen LogP contribution in [0.1, 0.15) is 36.3 Å². The molecule has 2 aromatic heterocycles. The largest absolute Gasteiger partial charge is 0.322 e. The molecule has 2 N–H and O–H groups in total. The highest BCUT2D eigenvalue weighted by Crippen LogP contribution is 2.24. The minimum atomic E-state index is -3.75. The van der Waals surface area contributed by atoms with E-state index in [1.54, 1.807) is 26.8 Å². The van der Waals surface area contributed by atoms with Crippen LogP contribution in [-0.4, -0.2) is 46.5 Å². The third kappa shape index (κ3) is 4.56. The van der Waals surface area contributed by atoms with E-state index in [4.69, 9.17) is 5.26 Å². The summed E-state index contributed by atoms with van der Waals surface area (Å²) in [6.07, 6.45) is 0.213. The van der Waals surface area contributed by atoms with E-state index in [-0.39, 0.29) is 16.9 Å². The molecule has 0 aliphatic carbocycles. The summed E-state index contributed by atoms with van der Waals surface area (Å²) in [4.78, 5) is 27.9. The lowest BCUT2D eigenvalue weighted by Crippen LogP contribution is -2.30. The summed E-state index contributed by atoms with van der Waals surface area (Å²) in [5.74, 6) is -0.209. The molecule has 0 bridgehead atoms. The molecule has 0 radical (unpaired) electrons. The van der Waals surface area contributed by atoms with Crippen LogP contribution in [0.3, 0.4) is 0 Å². The Morgan fingerprint density at radius 2 is 1.97 bits per heavy atom. The number of benzene rings is 1. The lowest BCUT2D eigenvalue weighted by Gasteiger charge is -2.19. The molecule has 11 heteroatoms. The highest BCUT2D eigenvalue weighted by atomic mass is 32.2. The van der Waals surface area contributed by atoms with E-state index in [1.807, 2.05) is 6.07 Å². The van der Waals surface area contributed by atoms with Gasteiger partial charge in [-0.05, 0) is 25.1 Å². The zero-order chi connectivity index (χ0) is 23.5. The summed E-state index contributed by atoms with van der Waals surface area (Å²) in [6.45, 7) is 6.16. The molecule has 3 rings (SSSR count). The second-order valence-corrected chi connectivity index (χ2v) is 9.04. The summed E-state index contributed by atoms with van der Waals surface area (Å²) >= 11 is 0. The van der Waals surface area contributed by atoms with Crippen molar-refractivity contribution in [1.29, 1.82) is 5.26 Å². The van der Waals surface area contributed by atoms with Crippen molar-refractivity contribution in [2.24, 2.45) is 0 Å². The Bertz CT molecular complexity index is 1360. The molecular formula is C21H24N6O4S. The third-order valence-corrected chi connectivity index (χ3v) is 7.03. The lowest BCUT2D eigenvalue weighted by atomic mass is 10.1. The van der Waals surface area contributed by atoms with E-state index in [9.17, 15) is 18.0 Å². The van der Waals surface area contributed by atoms with Gasteiger partial charge in [0, 0.05) is 36.1 Å². The number of hydrogen-bond acceptors (Lipinski definition) is 6. The van der Waals surface area contributed by atoms with Crippen molar-refractivity contribution in [1.82, 2.24) is 19.1 Å². The van der Waals surface area contributed by atoms with Crippen LogP contribution in [0, 0.1) is 18.3 Å². The number of carbonyl (C=O) groups excluding carboxylic acids is 1. The van der Waals surface area contributed by atoms with Crippen LogP contribution < -0.4 is 10.9 Å². The number of nitrogens with zero attached hydrogens (tertiary/aromatic N) is 4. The Hall–Kier alpha value is -3.49. The number of aromatic amines is 1. The van der Waals surface area contributed by atoms with Crippen LogP contribution in [0.2, 0.25) is 0 Å². The summed E-state index contributed by atoms with van der Waals surface area (Å²) in [5, 5.41) is 16.1. The summed E-state index contributed by atoms with van der Waals surface area (Å²) < 4.78 is 28.7. The number of aromatic nitrogens is 3. The van der Waals surface area contributed by atoms with Crippen molar-refractivity contribution < 1.29 is 13.2 Å². The highest BCUT2D eigenvalue weighted by Gasteiger charge is 2.23. The molecule has 3 aromatic rings. The Morgan fingerprint density at radius 3 is 2.62 bits per heavy atom. The van der Waals surface area contributed by atoms with Gasteiger partial charge in [-0.1, -0.05) is 13.8 Å². The Morgan fingerprint density at radius 1 is 1.25 bits per heavy atom. The number of nitriles is 1. The second kappa shape index (κ2) is 9.33. The van der Waals surface area contributed by atoms with Gasteiger partial charge in [0.1, 0.15) is 5.82 Å². The van der Waals surface area contributed by atoms with Crippen molar-refractivity contribution in [3.63, 3.8) is 0 Å². The van der Waals surface area contributed by atoms with Crippen LogP contribution in [0.4, 0.5) is 5.82 Å². The quantitative estimate of drug-likeness (QED) is 0.532. The highest BCUT2D eigenvalue weighted by molar-refractivity contribution is 7.89. The maximum Gasteiger partial charge on any atom is 0.257 e. The van der Waals surface area contributed by atoms with Crippen LogP contribution in [0.5, 0.6) is 0 Å². The van der Waals surface area contributed by atoms with Gasteiger partial charge in [0.25, 0.3) is 5.91 Å². The molecule has 32 heavy (non-hydrogen) atoms. The van der Waals surface area contributed by atoms with Crippen LogP contribution in [0.25, 0.3) is 10.9 Å².